The molecule has 0 aromatic rings. The summed E-state index contributed by atoms with van der Waals surface area (Å²) >= 11 is 0. The molecule has 1 N–H and O–H groups in total. The molecule has 2 heterocycles. The Morgan fingerprint density at radius 3 is 2.56 bits per heavy atom. The van der Waals surface area contributed by atoms with Crippen LogP contribution in [0.5, 0.6) is 0 Å². The molecule has 92 valence electrons. The number of nitrogens with one attached hydrogen (secondary N) is 1. The molecule has 1 spiro atoms. The smallest absolute Gasteiger partial charge is 0.00730 e. The molecule has 3 aliphatic rings. The second-order valence-electron chi connectivity index (χ2n) is 6.53. The van der Waals surface area contributed by atoms with Crippen LogP contribution in [0.1, 0.15) is 45.4 Å². The highest BCUT2D eigenvalue weighted by Crippen LogP contribution is 2.50. The Morgan fingerprint density at radius 1 is 1.25 bits per heavy atom. The minimum Gasteiger partial charge on any atom is -0.317 e. The molecule has 1 saturated carbocycles. The molecule has 1 atom stereocenters. The Labute approximate surface area is 99.8 Å². The molecular formula is C14H26N2. The zero-order chi connectivity index (χ0) is 11.0. The van der Waals surface area contributed by atoms with Crippen molar-refractivity contribution in [3.8, 4) is 0 Å². The maximum Gasteiger partial charge on any atom is 0.00730 e. The summed E-state index contributed by atoms with van der Waals surface area (Å²) in [5, 5.41) is 3.47. The van der Waals surface area contributed by atoms with Crippen molar-refractivity contribution in [3.05, 3.63) is 0 Å². The number of hydrogen-bond acceptors (Lipinski definition) is 2. The largest absolute Gasteiger partial charge is 0.317 e. The molecule has 2 heteroatoms. The monoisotopic (exact) mass is 222 g/mol. The van der Waals surface area contributed by atoms with Crippen molar-refractivity contribution in [2.45, 2.75) is 51.5 Å². The maximum atomic E-state index is 3.47. The molecule has 0 aromatic carbocycles. The van der Waals surface area contributed by atoms with E-state index in [9.17, 15) is 0 Å². The van der Waals surface area contributed by atoms with Gasteiger partial charge in [-0.25, -0.2) is 0 Å². The van der Waals surface area contributed by atoms with Crippen LogP contribution in [0, 0.1) is 11.3 Å². The van der Waals surface area contributed by atoms with Crippen molar-refractivity contribution in [2.75, 3.05) is 26.2 Å². The Kier molecular flexibility index (Phi) is 2.97. The zero-order valence-electron chi connectivity index (χ0n) is 10.7. The van der Waals surface area contributed by atoms with E-state index in [0.717, 1.165) is 17.4 Å². The molecule has 0 radical (unpaired) electrons. The topological polar surface area (TPSA) is 15.3 Å². The highest BCUT2D eigenvalue weighted by Gasteiger charge is 2.46. The van der Waals surface area contributed by atoms with Gasteiger partial charge in [0.05, 0.1) is 0 Å². The Hall–Kier alpha value is -0.0800. The van der Waals surface area contributed by atoms with Crippen LogP contribution in [-0.4, -0.2) is 37.1 Å². The minimum absolute atomic E-state index is 0.770. The van der Waals surface area contributed by atoms with E-state index in [1.807, 2.05) is 0 Å². The molecule has 0 bridgehead atoms. The first kappa shape index (κ1) is 11.0. The molecule has 3 rings (SSSR count). The fourth-order valence-corrected chi connectivity index (χ4v) is 4.09. The average molecular weight is 222 g/mol. The maximum absolute atomic E-state index is 3.47. The van der Waals surface area contributed by atoms with E-state index in [-0.39, 0.29) is 0 Å². The predicted molar refractivity (Wildman–Crippen MR) is 67.5 cm³/mol. The van der Waals surface area contributed by atoms with Gasteiger partial charge in [0.15, 0.2) is 0 Å². The van der Waals surface area contributed by atoms with E-state index >= 15 is 0 Å². The number of likely N-dealkylation sites (tertiary alicyclic amines) is 1. The van der Waals surface area contributed by atoms with E-state index in [2.05, 4.69) is 17.1 Å². The molecular weight excluding hydrogens is 196 g/mol. The van der Waals surface area contributed by atoms with E-state index in [1.165, 1.54) is 64.7 Å². The van der Waals surface area contributed by atoms with Crippen LogP contribution in [0.2, 0.25) is 0 Å². The Morgan fingerprint density at radius 2 is 2.00 bits per heavy atom. The lowest BCUT2D eigenvalue weighted by Gasteiger charge is -2.38. The average Bonchev–Trinajstić information content (AvgIpc) is 2.58. The van der Waals surface area contributed by atoms with Crippen molar-refractivity contribution in [3.63, 3.8) is 0 Å². The van der Waals surface area contributed by atoms with Crippen LogP contribution >= 0.6 is 0 Å². The van der Waals surface area contributed by atoms with Gasteiger partial charge in [0.25, 0.3) is 0 Å². The first-order valence-electron chi connectivity index (χ1n) is 7.22. The van der Waals surface area contributed by atoms with Crippen LogP contribution in [0.15, 0.2) is 0 Å². The lowest BCUT2D eigenvalue weighted by molar-refractivity contribution is 0.128. The van der Waals surface area contributed by atoms with E-state index < -0.39 is 0 Å². The molecule has 2 nitrogen and oxygen atoms in total. The van der Waals surface area contributed by atoms with Crippen molar-refractivity contribution in [1.29, 1.82) is 0 Å². The summed E-state index contributed by atoms with van der Waals surface area (Å²) in [6, 6.07) is 0.857. The second-order valence-corrected chi connectivity index (χ2v) is 6.53. The molecule has 0 aromatic heterocycles. The SMILES string of the molecule is CC1CC2(CCC2)CN1CC1CCNCC1. The third-order valence-electron chi connectivity index (χ3n) is 5.26. The van der Waals surface area contributed by atoms with Gasteiger partial charge < -0.3 is 5.32 Å². The first-order chi connectivity index (χ1) is 7.77. The van der Waals surface area contributed by atoms with Crippen LogP contribution in [0.25, 0.3) is 0 Å². The summed E-state index contributed by atoms with van der Waals surface area (Å²) < 4.78 is 0. The Bertz CT molecular complexity index is 241. The highest BCUT2D eigenvalue weighted by atomic mass is 15.2. The molecule has 2 saturated heterocycles. The summed E-state index contributed by atoms with van der Waals surface area (Å²) in [7, 11) is 0. The van der Waals surface area contributed by atoms with Gasteiger partial charge in [0, 0.05) is 19.1 Å². The van der Waals surface area contributed by atoms with E-state index in [0.29, 0.717) is 0 Å². The lowest BCUT2D eigenvalue weighted by Crippen LogP contribution is -2.39. The molecule has 1 unspecified atom stereocenters. The summed E-state index contributed by atoms with van der Waals surface area (Å²) in [4.78, 5) is 2.80. The van der Waals surface area contributed by atoms with Gasteiger partial charge in [-0.05, 0) is 63.5 Å². The molecule has 2 aliphatic heterocycles. The van der Waals surface area contributed by atoms with Crippen LogP contribution in [-0.2, 0) is 0 Å². The normalized spacial score (nSPS) is 35.4. The van der Waals surface area contributed by atoms with Gasteiger partial charge in [-0.3, -0.25) is 4.90 Å². The first-order valence-corrected chi connectivity index (χ1v) is 7.22. The second kappa shape index (κ2) is 4.30. The van der Waals surface area contributed by atoms with Crippen LogP contribution in [0.4, 0.5) is 0 Å². The van der Waals surface area contributed by atoms with Crippen molar-refractivity contribution in [2.24, 2.45) is 11.3 Å². The number of hydrogen-bond donors (Lipinski definition) is 1. The summed E-state index contributed by atoms with van der Waals surface area (Å²) in [6.07, 6.45) is 8.80. The van der Waals surface area contributed by atoms with E-state index in [1.54, 1.807) is 0 Å². The number of piperidine rings is 1. The standard InChI is InChI=1S/C14H26N2/c1-12-9-14(5-2-6-14)11-16(12)10-13-3-7-15-8-4-13/h12-13,15H,2-11H2,1H3. The molecule has 1 aliphatic carbocycles. The van der Waals surface area contributed by atoms with Crippen molar-refractivity contribution >= 4 is 0 Å². The van der Waals surface area contributed by atoms with Gasteiger partial charge in [-0.1, -0.05) is 6.42 Å². The molecule has 0 amide bonds. The van der Waals surface area contributed by atoms with Gasteiger partial charge >= 0.3 is 0 Å². The predicted octanol–water partition coefficient (Wildman–Crippen LogP) is 2.25. The summed E-state index contributed by atoms with van der Waals surface area (Å²) in [5.41, 5.74) is 0.770. The molecule has 3 fully saturated rings. The fraction of sp³-hybridized carbons (Fsp3) is 1.00. The minimum atomic E-state index is 0.770. The summed E-state index contributed by atoms with van der Waals surface area (Å²) in [6.45, 7) is 7.74. The van der Waals surface area contributed by atoms with Gasteiger partial charge in [-0.15, -0.1) is 0 Å². The quantitative estimate of drug-likeness (QED) is 0.771. The van der Waals surface area contributed by atoms with E-state index in [4.69, 9.17) is 0 Å². The van der Waals surface area contributed by atoms with Crippen LogP contribution in [0.3, 0.4) is 0 Å². The molecule has 16 heavy (non-hydrogen) atoms. The number of rotatable bonds is 2. The number of nitrogens with zero attached hydrogens (tertiary/aromatic N) is 1. The third-order valence-corrected chi connectivity index (χ3v) is 5.26. The summed E-state index contributed by atoms with van der Waals surface area (Å²) in [5.74, 6) is 0.971. The van der Waals surface area contributed by atoms with Crippen molar-refractivity contribution in [1.82, 2.24) is 10.2 Å². The zero-order valence-corrected chi connectivity index (χ0v) is 10.7. The Balaban J connectivity index is 1.54. The third kappa shape index (κ3) is 2.02. The van der Waals surface area contributed by atoms with Gasteiger partial charge in [0.1, 0.15) is 0 Å². The van der Waals surface area contributed by atoms with Gasteiger partial charge in [-0.2, -0.15) is 0 Å². The fourth-order valence-electron chi connectivity index (χ4n) is 4.09. The highest BCUT2D eigenvalue weighted by molar-refractivity contribution is 4.99. The van der Waals surface area contributed by atoms with Crippen molar-refractivity contribution < 1.29 is 0 Å². The van der Waals surface area contributed by atoms with Gasteiger partial charge in [0.2, 0.25) is 0 Å². The lowest BCUT2D eigenvalue weighted by atomic mass is 9.68. The van der Waals surface area contributed by atoms with Crippen LogP contribution < -0.4 is 5.32 Å².